The predicted molar refractivity (Wildman–Crippen MR) is 27.6 cm³/mol. The van der Waals surface area contributed by atoms with Crippen molar-refractivity contribution >= 4 is 10.2 Å². The maximum absolute atomic E-state index is 3.38. The summed E-state index contributed by atoms with van der Waals surface area (Å²) < 4.78 is 0. The van der Waals surface area contributed by atoms with E-state index in [-0.39, 0.29) is 18.9 Å². The van der Waals surface area contributed by atoms with Crippen LogP contribution in [0.25, 0.3) is 0 Å². The van der Waals surface area contributed by atoms with Gasteiger partial charge in [0, 0.05) is 0 Å². The summed E-state index contributed by atoms with van der Waals surface area (Å²) >= 11 is 0. The van der Waals surface area contributed by atoms with Gasteiger partial charge in [0.15, 0.2) is 0 Å². The molecule has 0 bridgehead atoms. The minimum Gasteiger partial charge on any atom is -0.0847 e. The zero-order valence-electron chi connectivity index (χ0n) is 4.44. The van der Waals surface area contributed by atoms with E-state index in [4.69, 9.17) is 0 Å². The van der Waals surface area contributed by atoms with E-state index < -0.39 is 0 Å². The molecule has 0 aliphatic heterocycles. The number of hydrogen-bond acceptors (Lipinski definition) is 0. The van der Waals surface area contributed by atoms with E-state index in [9.17, 15) is 0 Å². The first-order chi connectivity index (χ1) is 2.89. The van der Waals surface area contributed by atoms with Crippen molar-refractivity contribution in [3.8, 4) is 0 Å². The monoisotopic (exact) mass is 100 g/mol. The van der Waals surface area contributed by atoms with Crippen LogP contribution in [0.15, 0.2) is 23.4 Å². The normalized spacial score (nSPS) is 15.9. The molecule has 0 saturated carbocycles. The van der Waals surface area contributed by atoms with E-state index in [0.717, 1.165) is 6.42 Å². The molecule has 0 aromatic carbocycles. The van der Waals surface area contributed by atoms with Gasteiger partial charge >= 0.3 is 18.9 Å². The molecular formula is C5H5LiSi+. The number of rotatable bonds is 0. The van der Waals surface area contributed by atoms with Gasteiger partial charge in [0.2, 0.25) is 0 Å². The molecule has 0 fully saturated rings. The average Bonchev–Trinajstić information content (AvgIpc) is 1.86. The molecule has 0 heterocycles. The smallest absolute Gasteiger partial charge is 0.0847 e. The first-order valence-corrected chi connectivity index (χ1v) is 2.47. The van der Waals surface area contributed by atoms with Gasteiger partial charge in [-0.2, -0.15) is 0 Å². The van der Waals surface area contributed by atoms with Crippen LogP contribution in [0.1, 0.15) is 6.42 Å². The Hall–Kier alpha value is 0.294. The van der Waals surface area contributed by atoms with Crippen molar-refractivity contribution in [2.24, 2.45) is 0 Å². The molecule has 0 saturated heterocycles. The molecule has 29 valence electrons. The van der Waals surface area contributed by atoms with Gasteiger partial charge in [-0.3, -0.25) is 0 Å². The van der Waals surface area contributed by atoms with Crippen LogP contribution >= 0.6 is 0 Å². The molecule has 1 aliphatic carbocycles. The van der Waals surface area contributed by atoms with Gasteiger partial charge in [0.1, 0.15) is 0 Å². The maximum atomic E-state index is 3.38. The molecule has 0 aromatic rings. The van der Waals surface area contributed by atoms with Gasteiger partial charge in [-0.05, 0) is 6.42 Å². The Kier molecular flexibility index (Phi) is 3.46. The Labute approximate surface area is 59.3 Å². The third-order valence-corrected chi connectivity index (χ3v) is 1.14. The van der Waals surface area contributed by atoms with E-state index in [1.54, 1.807) is 0 Å². The van der Waals surface area contributed by atoms with E-state index in [0.29, 0.717) is 0 Å². The number of allylic oxidation sites excluding steroid dienone is 4. The minimum atomic E-state index is 0. The molecule has 0 atom stereocenters. The second-order valence-corrected chi connectivity index (χ2v) is 1.97. The molecular weight excluding hydrogens is 95.1 g/mol. The fourth-order valence-electron chi connectivity index (χ4n) is 0.447. The van der Waals surface area contributed by atoms with Crippen molar-refractivity contribution in [3.05, 3.63) is 23.4 Å². The van der Waals surface area contributed by atoms with Crippen molar-refractivity contribution in [1.29, 1.82) is 0 Å². The van der Waals surface area contributed by atoms with Gasteiger partial charge in [-0.1, -0.05) is 23.4 Å². The fourth-order valence-corrected chi connectivity index (χ4v) is 0.661. The van der Waals surface area contributed by atoms with Crippen molar-refractivity contribution in [1.82, 2.24) is 0 Å². The summed E-state index contributed by atoms with van der Waals surface area (Å²) in [4.78, 5) is 0. The van der Waals surface area contributed by atoms with E-state index in [1.165, 1.54) is 5.20 Å². The van der Waals surface area contributed by atoms with Crippen molar-refractivity contribution in [2.45, 2.75) is 6.42 Å². The van der Waals surface area contributed by atoms with Crippen LogP contribution < -0.4 is 18.9 Å². The number of hydrogen-bond donors (Lipinski definition) is 0. The molecule has 0 N–H and O–H groups in total. The average molecular weight is 100 g/mol. The Morgan fingerprint density at radius 1 is 1.57 bits per heavy atom. The third kappa shape index (κ3) is 2.18. The summed E-state index contributed by atoms with van der Waals surface area (Å²) in [5.74, 6) is 0. The van der Waals surface area contributed by atoms with Gasteiger partial charge in [0.25, 0.3) is 0 Å². The molecule has 0 unspecified atom stereocenters. The van der Waals surface area contributed by atoms with Gasteiger partial charge in [-0.15, -0.1) is 0 Å². The SMILES string of the molecule is [Li+].[Si]C1=CC=CC1. The summed E-state index contributed by atoms with van der Waals surface area (Å²) in [6.07, 6.45) is 7.29. The van der Waals surface area contributed by atoms with Gasteiger partial charge in [0.05, 0.1) is 10.2 Å². The topological polar surface area (TPSA) is 0 Å². The Morgan fingerprint density at radius 3 is 2.43 bits per heavy atom. The maximum Gasteiger partial charge on any atom is 1.00 e. The molecule has 1 rings (SSSR count). The molecule has 0 spiro atoms. The van der Waals surface area contributed by atoms with E-state index in [1.807, 2.05) is 6.08 Å². The Balaban J connectivity index is 0.000000360. The Bertz CT molecular complexity index is 105. The minimum absolute atomic E-state index is 0. The van der Waals surface area contributed by atoms with Crippen LogP contribution in [0, 0.1) is 0 Å². The second-order valence-electron chi connectivity index (χ2n) is 1.32. The molecule has 2 heteroatoms. The molecule has 0 amide bonds. The quantitative estimate of drug-likeness (QED) is 0.309. The molecule has 0 nitrogen and oxygen atoms in total. The van der Waals surface area contributed by atoms with Gasteiger partial charge < -0.3 is 0 Å². The van der Waals surface area contributed by atoms with Crippen molar-refractivity contribution < 1.29 is 18.9 Å². The van der Waals surface area contributed by atoms with Crippen LogP contribution in [0.2, 0.25) is 0 Å². The van der Waals surface area contributed by atoms with Crippen LogP contribution in [-0.2, 0) is 0 Å². The molecule has 1 aliphatic rings. The van der Waals surface area contributed by atoms with Crippen molar-refractivity contribution in [3.63, 3.8) is 0 Å². The van der Waals surface area contributed by atoms with Gasteiger partial charge in [-0.25, -0.2) is 0 Å². The first kappa shape index (κ1) is 7.29. The van der Waals surface area contributed by atoms with Crippen LogP contribution in [0.5, 0.6) is 0 Å². The summed E-state index contributed by atoms with van der Waals surface area (Å²) in [7, 11) is 3.38. The summed E-state index contributed by atoms with van der Waals surface area (Å²) in [6.45, 7) is 0. The third-order valence-electron chi connectivity index (χ3n) is 0.771. The largest absolute Gasteiger partial charge is 1.00 e. The molecule has 7 heavy (non-hydrogen) atoms. The van der Waals surface area contributed by atoms with Crippen LogP contribution in [-0.4, -0.2) is 10.2 Å². The van der Waals surface area contributed by atoms with Crippen LogP contribution in [0.3, 0.4) is 0 Å². The summed E-state index contributed by atoms with van der Waals surface area (Å²) in [5, 5.41) is 1.27. The zero-order chi connectivity index (χ0) is 4.41. The second kappa shape index (κ2) is 3.32. The molecule has 3 radical (unpaired) electrons. The summed E-state index contributed by atoms with van der Waals surface area (Å²) in [5.41, 5.74) is 0. The zero-order valence-corrected chi connectivity index (χ0v) is 5.44. The van der Waals surface area contributed by atoms with E-state index in [2.05, 4.69) is 22.4 Å². The predicted octanol–water partition coefficient (Wildman–Crippen LogP) is -2.00. The van der Waals surface area contributed by atoms with E-state index >= 15 is 0 Å². The first-order valence-electron chi connectivity index (χ1n) is 1.97. The van der Waals surface area contributed by atoms with Crippen LogP contribution in [0.4, 0.5) is 0 Å². The standard InChI is InChI=1S/C5H5Si.Li/c6-5-3-1-2-4-5;/h1-3H,4H2;/q;+1. The fraction of sp³-hybridized carbons (Fsp3) is 0.200. The van der Waals surface area contributed by atoms with Crippen molar-refractivity contribution in [2.75, 3.05) is 0 Å². The molecule has 0 aromatic heterocycles. The summed E-state index contributed by atoms with van der Waals surface area (Å²) in [6, 6.07) is 0. The Morgan fingerprint density at radius 2 is 2.29 bits per heavy atom.